The third-order valence-electron chi connectivity index (χ3n) is 4.47. The molecule has 1 aromatic carbocycles. The van der Waals surface area contributed by atoms with Gasteiger partial charge in [0.05, 0.1) is 17.7 Å². The molecule has 3 atom stereocenters. The molecule has 1 amide bonds. The predicted octanol–water partition coefficient (Wildman–Crippen LogP) is 2.60. The van der Waals surface area contributed by atoms with Crippen LogP contribution in [0.1, 0.15) is 53.5 Å². The average molecular weight is 407 g/mol. The number of rotatable bonds is 6. The highest BCUT2D eigenvalue weighted by Gasteiger charge is 2.42. The number of aliphatic carboxylic acids is 1. The summed E-state index contributed by atoms with van der Waals surface area (Å²) in [5, 5.41) is 9.54. The minimum Gasteiger partial charge on any atom is -0.488 e. The van der Waals surface area contributed by atoms with Crippen molar-refractivity contribution in [1.82, 2.24) is 4.90 Å². The van der Waals surface area contributed by atoms with Crippen molar-refractivity contribution in [1.29, 1.82) is 0 Å². The summed E-state index contributed by atoms with van der Waals surface area (Å²) in [6, 6.07) is 5.71. The summed E-state index contributed by atoms with van der Waals surface area (Å²) >= 11 is 0. The number of nitrogens with zero attached hydrogens (tertiary/aromatic N) is 1. The van der Waals surface area contributed by atoms with E-state index in [1.54, 1.807) is 0 Å². The van der Waals surface area contributed by atoms with Crippen molar-refractivity contribution < 1.29 is 24.2 Å². The molecule has 0 saturated carbocycles. The molecule has 0 bridgehead atoms. The van der Waals surface area contributed by atoms with Gasteiger partial charge in [0.2, 0.25) is 5.91 Å². The van der Waals surface area contributed by atoms with Gasteiger partial charge in [-0.25, -0.2) is 4.79 Å². The molecule has 29 heavy (non-hydrogen) atoms. The SMILES string of the molecule is CC(C)(C)Oc1ccc(C[C@@H](N)C(=O)N2C[C@H](OC(C)(C)C)C[C@H]2C(=O)O)cc1. The Morgan fingerprint density at radius 3 is 2.21 bits per heavy atom. The van der Waals surface area contributed by atoms with Gasteiger partial charge in [0.1, 0.15) is 17.4 Å². The van der Waals surface area contributed by atoms with Crippen LogP contribution < -0.4 is 10.5 Å². The molecule has 1 aromatic rings. The van der Waals surface area contributed by atoms with E-state index < -0.39 is 23.7 Å². The van der Waals surface area contributed by atoms with Crippen molar-refractivity contribution in [2.24, 2.45) is 5.73 Å². The molecular formula is C22H34N2O5. The van der Waals surface area contributed by atoms with Gasteiger partial charge in [0.25, 0.3) is 0 Å². The van der Waals surface area contributed by atoms with Crippen molar-refractivity contribution in [3.63, 3.8) is 0 Å². The van der Waals surface area contributed by atoms with Crippen LogP contribution in [0.15, 0.2) is 24.3 Å². The molecule has 0 unspecified atom stereocenters. The summed E-state index contributed by atoms with van der Waals surface area (Å²) in [5.74, 6) is -0.657. The monoisotopic (exact) mass is 406 g/mol. The second kappa shape index (κ2) is 8.71. The molecule has 0 aromatic heterocycles. The molecule has 7 nitrogen and oxygen atoms in total. The van der Waals surface area contributed by atoms with Crippen molar-refractivity contribution in [2.75, 3.05) is 6.54 Å². The lowest BCUT2D eigenvalue weighted by Crippen LogP contribution is -2.49. The standard InChI is InChI=1S/C22H34N2O5/c1-21(2,3)28-15-9-7-14(8-10-15)11-17(23)19(25)24-13-16(29-22(4,5)6)12-18(24)20(26)27/h7-10,16-18H,11-13,23H2,1-6H3,(H,26,27)/t16-,17-,18+/m1/s1. The number of hydrogen-bond acceptors (Lipinski definition) is 5. The Balaban J connectivity index is 2.03. The second-order valence-electron chi connectivity index (χ2n) is 9.60. The lowest BCUT2D eigenvalue weighted by molar-refractivity contribution is -0.148. The van der Waals surface area contributed by atoms with E-state index in [9.17, 15) is 14.7 Å². The van der Waals surface area contributed by atoms with Crippen LogP contribution in [0.25, 0.3) is 0 Å². The quantitative estimate of drug-likeness (QED) is 0.753. The zero-order valence-electron chi connectivity index (χ0n) is 18.3. The Morgan fingerprint density at radius 1 is 1.14 bits per heavy atom. The normalized spacial score (nSPS) is 21.1. The molecule has 1 aliphatic heterocycles. The first-order chi connectivity index (χ1) is 13.2. The molecule has 0 spiro atoms. The maximum Gasteiger partial charge on any atom is 0.326 e. The number of carbonyl (C=O) groups excluding carboxylic acids is 1. The number of likely N-dealkylation sites (tertiary alicyclic amines) is 1. The van der Waals surface area contributed by atoms with Crippen molar-refractivity contribution in [2.45, 2.75) is 83.8 Å². The van der Waals surface area contributed by atoms with E-state index in [0.717, 1.165) is 11.3 Å². The number of carbonyl (C=O) groups is 2. The number of hydrogen-bond donors (Lipinski definition) is 2. The summed E-state index contributed by atoms with van der Waals surface area (Å²) in [5.41, 5.74) is 6.34. The first kappa shape index (κ1) is 23.2. The highest BCUT2D eigenvalue weighted by molar-refractivity contribution is 5.87. The minimum atomic E-state index is -1.03. The lowest BCUT2D eigenvalue weighted by Gasteiger charge is -2.26. The fraction of sp³-hybridized carbons (Fsp3) is 0.636. The number of carboxylic acid groups (broad SMARTS) is 1. The van der Waals surface area contributed by atoms with Gasteiger partial charge in [-0.15, -0.1) is 0 Å². The molecule has 1 aliphatic rings. The predicted molar refractivity (Wildman–Crippen MR) is 111 cm³/mol. The maximum absolute atomic E-state index is 12.9. The summed E-state index contributed by atoms with van der Waals surface area (Å²) < 4.78 is 11.7. The minimum absolute atomic E-state index is 0.235. The molecule has 162 valence electrons. The van der Waals surface area contributed by atoms with Crippen LogP contribution in [0.4, 0.5) is 0 Å². The van der Waals surface area contributed by atoms with Gasteiger partial charge < -0.3 is 25.2 Å². The Bertz CT molecular complexity index is 718. The van der Waals surface area contributed by atoms with Crippen molar-refractivity contribution in [3.05, 3.63) is 29.8 Å². The Hall–Kier alpha value is -2.12. The van der Waals surface area contributed by atoms with Crippen LogP contribution in [-0.2, 0) is 20.7 Å². The van der Waals surface area contributed by atoms with E-state index in [1.807, 2.05) is 65.8 Å². The molecule has 1 heterocycles. The van der Waals surface area contributed by atoms with E-state index in [2.05, 4.69) is 0 Å². The van der Waals surface area contributed by atoms with Crippen LogP contribution in [0, 0.1) is 0 Å². The molecule has 1 fully saturated rings. The van der Waals surface area contributed by atoms with Crippen molar-refractivity contribution in [3.8, 4) is 5.75 Å². The van der Waals surface area contributed by atoms with Gasteiger partial charge >= 0.3 is 5.97 Å². The van der Waals surface area contributed by atoms with Crippen molar-refractivity contribution >= 4 is 11.9 Å². The molecule has 7 heteroatoms. The van der Waals surface area contributed by atoms with Crippen LogP contribution in [0.2, 0.25) is 0 Å². The number of carboxylic acids is 1. The van der Waals surface area contributed by atoms with E-state index in [4.69, 9.17) is 15.2 Å². The highest BCUT2D eigenvalue weighted by Crippen LogP contribution is 2.26. The second-order valence-corrected chi connectivity index (χ2v) is 9.60. The van der Waals surface area contributed by atoms with Gasteiger partial charge in [-0.2, -0.15) is 0 Å². The van der Waals surface area contributed by atoms with Crippen LogP contribution in [0.5, 0.6) is 5.75 Å². The zero-order chi connectivity index (χ0) is 22.0. The maximum atomic E-state index is 12.9. The van der Waals surface area contributed by atoms with Crippen LogP contribution in [-0.4, -0.2) is 57.8 Å². The fourth-order valence-electron chi connectivity index (χ4n) is 3.46. The third-order valence-corrected chi connectivity index (χ3v) is 4.47. The summed E-state index contributed by atoms with van der Waals surface area (Å²) in [6.07, 6.45) is 0.271. The average Bonchev–Trinajstić information content (AvgIpc) is 2.96. The molecule has 0 radical (unpaired) electrons. The largest absolute Gasteiger partial charge is 0.488 e. The number of amides is 1. The van der Waals surface area contributed by atoms with Crippen LogP contribution >= 0.6 is 0 Å². The Labute approximate surface area is 173 Å². The number of nitrogens with two attached hydrogens (primary N) is 1. The highest BCUT2D eigenvalue weighted by atomic mass is 16.5. The summed E-state index contributed by atoms with van der Waals surface area (Å²) in [7, 11) is 0. The van der Waals surface area contributed by atoms with E-state index in [-0.39, 0.29) is 30.6 Å². The van der Waals surface area contributed by atoms with Crippen LogP contribution in [0.3, 0.4) is 0 Å². The van der Waals surface area contributed by atoms with Gasteiger partial charge in [-0.05, 0) is 65.7 Å². The summed E-state index contributed by atoms with van der Waals surface area (Å²) in [6.45, 7) is 11.9. The van der Waals surface area contributed by atoms with Gasteiger partial charge in [0.15, 0.2) is 0 Å². The lowest BCUT2D eigenvalue weighted by atomic mass is 10.0. The molecule has 2 rings (SSSR count). The zero-order valence-corrected chi connectivity index (χ0v) is 18.3. The van der Waals surface area contributed by atoms with E-state index >= 15 is 0 Å². The Kier molecular flexibility index (Phi) is 6.96. The molecule has 3 N–H and O–H groups in total. The van der Waals surface area contributed by atoms with Gasteiger partial charge in [-0.3, -0.25) is 4.79 Å². The van der Waals surface area contributed by atoms with E-state index in [1.165, 1.54) is 4.90 Å². The summed E-state index contributed by atoms with van der Waals surface area (Å²) in [4.78, 5) is 25.9. The first-order valence-electron chi connectivity index (χ1n) is 10.00. The van der Waals surface area contributed by atoms with Gasteiger partial charge in [-0.1, -0.05) is 12.1 Å². The Morgan fingerprint density at radius 2 is 1.72 bits per heavy atom. The number of ether oxygens (including phenoxy) is 2. The number of benzene rings is 1. The smallest absolute Gasteiger partial charge is 0.326 e. The van der Waals surface area contributed by atoms with Gasteiger partial charge in [0, 0.05) is 13.0 Å². The molecular weight excluding hydrogens is 372 g/mol. The molecule has 0 aliphatic carbocycles. The van der Waals surface area contributed by atoms with E-state index in [0.29, 0.717) is 6.42 Å². The first-order valence-corrected chi connectivity index (χ1v) is 10.00. The topological polar surface area (TPSA) is 102 Å². The fourth-order valence-corrected chi connectivity index (χ4v) is 3.46. The third kappa shape index (κ3) is 7.01. The molecule has 1 saturated heterocycles.